The summed E-state index contributed by atoms with van der Waals surface area (Å²) in [5.41, 5.74) is 2.06. The minimum absolute atomic E-state index is 0.0135. The van der Waals surface area contributed by atoms with Gasteiger partial charge >= 0.3 is 5.97 Å². The molecular weight excluding hydrogens is 359 g/mol. The first-order valence-corrected chi connectivity index (χ1v) is 6.83. The van der Waals surface area contributed by atoms with Crippen LogP contribution in [-0.4, -0.2) is 31.3 Å². The highest BCUT2D eigenvalue weighted by atomic mass is 127. The summed E-state index contributed by atoms with van der Waals surface area (Å²) in [6, 6.07) is 5.59. The van der Waals surface area contributed by atoms with Crippen LogP contribution in [0.4, 0.5) is 0 Å². The molecule has 2 rings (SSSR count). The fourth-order valence-electron chi connectivity index (χ4n) is 1.83. The molecule has 0 saturated heterocycles. The number of tetrazole rings is 1. The van der Waals surface area contributed by atoms with Gasteiger partial charge in [0, 0.05) is 9.13 Å². The topological polar surface area (TPSA) is 80.9 Å². The molecule has 6 nitrogen and oxygen atoms in total. The van der Waals surface area contributed by atoms with Crippen LogP contribution < -0.4 is 0 Å². The van der Waals surface area contributed by atoms with E-state index < -0.39 is 5.97 Å². The van der Waals surface area contributed by atoms with Crippen LogP contribution in [0, 0.1) is 10.5 Å². The number of carbonyl (C=O) groups is 1. The van der Waals surface area contributed by atoms with Crippen molar-refractivity contribution in [1.29, 1.82) is 0 Å². The van der Waals surface area contributed by atoms with Gasteiger partial charge in [-0.3, -0.25) is 4.79 Å². The number of aliphatic carboxylic acids is 1. The monoisotopic (exact) mass is 372 g/mol. The molecule has 1 heterocycles. The van der Waals surface area contributed by atoms with Gasteiger partial charge in [-0.1, -0.05) is 18.2 Å². The molecule has 0 radical (unpaired) electrons. The molecule has 0 fully saturated rings. The Kier molecular flexibility index (Phi) is 4.13. The zero-order valence-electron chi connectivity index (χ0n) is 10.5. The summed E-state index contributed by atoms with van der Waals surface area (Å²) in [6.07, 6.45) is -0.0135. The lowest BCUT2D eigenvalue weighted by molar-refractivity contribution is -0.137. The Bertz CT molecular complexity index is 612. The van der Waals surface area contributed by atoms with Gasteiger partial charge in [0.2, 0.25) is 0 Å². The van der Waals surface area contributed by atoms with E-state index in [4.69, 9.17) is 5.11 Å². The van der Waals surface area contributed by atoms with Crippen molar-refractivity contribution < 1.29 is 9.90 Å². The van der Waals surface area contributed by atoms with E-state index in [0.717, 1.165) is 14.7 Å². The molecule has 0 amide bonds. The summed E-state index contributed by atoms with van der Waals surface area (Å²) in [6.45, 7) is 3.80. The molecule has 0 saturated carbocycles. The first-order chi connectivity index (χ1) is 9.00. The highest BCUT2D eigenvalue weighted by molar-refractivity contribution is 14.1. The summed E-state index contributed by atoms with van der Waals surface area (Å²) >= 11 is 2.25. The van der Waals surface area contributed by atoms with Crippen molar-refractivity contribution in [3.05, 3.63) is 27.3 Å². The summed E-state index contributed by atoms with van der Waals surface area (Å²) in [4.78, 5) is 10.8. The highest BCUT2D eigenvalue weighted by Gasteiger charge is 2.19. The molecule has 1 aromatic carbocycles. The molecule has 0 spiro atoms. The Balaban J connectivity index is 2.44. The van der Waals surface area contributed by atoms with Crippen molar-refractivity contribution >= 4 is 28.6 Å². The maximum Gasteiger partial charge on any atom is 0.305 e. The number of benzene rings is 1. The smallest absolute Gasteiger partial charge is 0.305 e. The van der Waals surface area contributed by atoms with Crippen LogP contribution in [-0.2, 0) is 4.79 Å². The number of hydrogen-bond donors (Lipinski definition) is 1. The van der Waals surface area contributed by atoms with Crippen LogP contribution in [0.1, 0.15) is 24.9 Å². The maximum atomic E-state index is 10.8. The number of carboxylic acid groups (broad SMARTS) is 1. The highest BCUT2D eigenvalue weighted by Crippen LogP contribution is 2.27. The van der Waals surface area contributed by atoms with Gasteiger partial charge in [0.05, 0.1) is 12.5 Å². The number of halogens is 1. The van der Waals surface area contributed by atoms with Crippen LogP contribution in [0.5, 0.6) is 0 Å². The van der Waals surface area contributed by atoms with E-state index in [2.05, 4.69) is 38.1 Å². The second-order valence-electron chi connectivity index (χ2n) is 4.33. The average molecular weight is 372 g/mol. The molecule has 2 aromatic rings. The van der Waals surface area contributed by atoms with Gasteiger partial charge in [0.25, 0.3) is 0 Å². The first kappa shape index (κ1) is 13.9. The van der Waals surface area contributed by atoms with Crippen molar-refractivity contribution in [3.63, 3.8) is 0 Å². The first-order valence-electron chi connectivity index (χ1n) is 5.76. The predicted molar refractivity (Wildman–Crippen MR) is 77.7 cm³/mol. The number of rotatable bonds is 4. The lowest BCUT2D eigenvalue weighted by Gasteiger charge is -2.12. The fraction of sp³-hybridized carbons (Fsp3) is 0.333. The Morgan fingerprint density at radius 1 is 1.53 bits per heavy atom. The molecule has 1 N–H and O–H groups in total. The van der Waals surface area contributed by atoms with E-state index in [-0.39, 0.29) is 12.5 Å². The Labute approximate surface area is 124 Å². The van der Waals surface area contributed by atoms with Gasteiger partial charge in [-0.05, 0) is 52.4 Å². The molecule has 100 valence electrons. The Morgan fingerprint density at radius 3 is 2.95 bits per heavy atom. The molecule has 1 atom stereocenters. The number of carboxylic acids is 1. The zero-order valence-corrected chi connectivity index (χ0v) is 12.7. The standard InChI is InChI=1S/C12H13IN4O2/c1-7-4-3-5-9(11(7)13)12-14-15-16-17(12)8(2)6-10(18)19/h3-5,8H,6H2,1-2H3,(H,18,19). The largest absolute Gasteiger partial charge is 0.481 e. The van der Waals surface area contributed by atoms with Gasteiger partial charge in [-0.2, -0.15) is 0 Å². The van der Waals surface area contributed by atoms with E-state index >= 15 is 0 Å². The van der Waals surface area contributed by atoms with E-state index in [0.29, 0.717) is 5.82 Å². The molecule has 0 aliphatic carbocycles. The molecule has 0 bridgehead atoms. The zero-order chi connectivity index (χ0) is 14.0. The molecular formula is C12H13IN4O2. The molecule has 19 heavy (non-hydrogen) atoms. The second-order valence-corrected chi connectivity index (χ2v) is 5.41. The van der Waals surface area contributed by atoms with Crippen molar-refractivity contribution in [1.82, 2.24) is 20.2 Å². The third-order valence-corrected chi connectivity index (χ3v) is 4.24. The van der Waals surface area contributed by atoms with E-state index in [1.807, 2.05) is 25.1 Å². The quantitative estimate of drug-likeness (QED) is 0.833. The summed E-state index contributed by atoms with van der Waals surface area (Å²) in [5, 5.41) is 20.4. The third-order valence-electron chi connectivity index (χ3n) is 2.81. The number of aryl methyl sites for hydroxylation is 1. The predicted octanol–water partition coefficient (Wildman–Crippen LogP) is 2.29. The van der Waals surface area contributed by atoms with Crippen LogP contribution in [0.3, 0.4) is 0 Å². The van der Waals surface area contributed by atoms with Gasteiger partial charge in [0.1, 0.15) is 0 Å². The number of aromatic nitrogens is 4. The minimum atomic E-state index is -0.868. The molecule has 0 aliphatic rings. The van der Waals surface area contributed by atoms with E-state index in [1.165, 1.54) is 0 Å². The lowest BCUT2D eigenvalue weighted by Crippen LogP contribution is -2.13. The fourth-order valence-corrected chi connectivity index (χ4v) is 2.43. The minimum Gasteiger partial charge on any atom is -0.481 e. The van der Waals surface area contributed by atoms with E-state index in [9.17, 15) is 4.79 Å². The Morgan fingerprint density at radius 2 is 2.26 bits per heavy atom. The van der Waals surface area contributed by atoms with Crippen molar-refractivity contribution in [2.75, 3.05) is 0 Å². The van der Waals surface area contributed by atoms with Crippen molar-refractivity contribution in [2.24, 2.45) is 0 Å². The average Bonchev–Trinajstić information content (AvgIpc) is 2.80. The van der Waals surface area contributed by atoms with Gasteiger partial charge in [-0.25, -0.2) is 4.68 Å². The van der Waals surface area contributed by atoms with Crippen LogP contribution in [0.25, 0.3) is 11.4 Å². The SMILES string of the molecule is Cc1cccc(-c2nnnn2C(C)CC(=O)O)c1I. The van der Waals surface area contributed by atoms with Crippen LogP contribution in [0.2, 0.25) is 0 Å². The normalized spacial score (nSPS) is 12.4. The molecule has 7 heteroatoms. The maximum absolute atomic E-state index is 10.8. The molecule has 1 unspecified atom stereocenters. The number of nitrogens with zero attached hydrogens (tertiary/aromatic N) is 4. The van der Waals surface area contributed by atoms with Gasteiger partial charge < -0.3 is 5.11 Å². The molecule has 0 aliphatic heterocycles. The van der Waals surface area contributed by atoms with E-state index in [1.54, 1.807) is 11.6 Å². The third kappa shape index (κ3) is 2.91. The number of hydrogen-bond acceptors (Lipinski definition) is 4. The van der Waals surface area contributed by atoms with Crippen LogP contribution in [0.15, 0.2) is 18.2 Å². The van der Waals surface area contributed by atoms with Gasteiger partial charge in [0.15, 0.2) is 5.82 Å². The second kappa shape index (κ2) is 5.64. The Hall–Kier alpha value is -1.51. The van der Waals surface area contributed by atoms with Gasteiger partial charge in [-0.15, -0.1) is 5.10 Å². The summed E-state index contributed by atoms with van der Waals surface area (Å²) in [7, 11) is 0. The van der Waals surface area contributed by atoms with Crippen molar-refractivity contribution in [2.45, 2.75) is 26.3 Å². The van der Waals surface area contributed by atoms with Crippen molar-refractivity contribution in [3.8, 4) is 11.4 Å². The molecule has 1 aromatic heterocycles. The summed E-state index contributed by atoms with van der Waals surface area (Å²) < 4.78 is 2.63. The van der Waals surface area contributed by atoms with Crippen LogP contribution >= 0.6 is 22.6 Å². The summed E-state index contributed by atoms with van der Waals surface area (Å²) in [5.74, 6) is -0.269. The lowest BCUT2D eigenvalue weighted by atomic mass is 10.1.